The van der Waals surface area contributed by atoms with E-state index in [-0.39, 0.29) is 5.56 Å². The Morgan fingerprint density at radius 1 is 1.26 bits per heavy atom. The molecule has 0 radical (unpaired) electrons. The van der Waals surface area contributed by atoms with Crippen LogP contribution in [0, 0.1) is 6.92 Å². The highest BCUT2D eigenvalue weighted by Crippen LogP contribution is 2.27. The number of methoxy groups -OCH3 is 2. The second kappa shape index (κ2) is 7.89. The molecule has 8 heteroatoms. The number of primary amides is 1. The predicted molar refractivity (Wildman–Crippen MR) is 105 cm³/mol. The topological polar surface area (TPSA) is 96.4 Å². The van der Waals surface area contributed by atoms with E-state index >= 15 is 0 Å². The van der Waals surface area contributed by atoms with Crippen molar-refractivity contribution in [2.45, 2.75) is 19.9 Å². The maximum atomic E-state index is 13.1. The minimum atomic E-state index is -0.546. The van der Waals surface area contributed by atoms with E-state index in [2.05, 4.69) is 4.98 Å². The van der Waals surface area contributed by atoms with Gasteiger partial charge in [0.15, 0.2) is 0 Å². The summed E-state index contributed by atoms with van der Waals surface area (Å²) in [6, 6.07) is 7.60. The van der Waals surface area contributed by atoms with Gasteiger partial charge in [-0.25, -0.2) is 4.98 Å². The number of hydrogen-bond donors (Lipinski definition) is 1. The molecule has 2 aromatic heterocycles. The smallest absolute Gasteiger partial charge is 0.262 e. The largest absolute Gasteiger partial charge is 0.497 e. The molecule has 3 aromatic rings. The van der Waals surface area contributed by atoms with Gasteiger partial charge in [-0.05, 0) is 30.2 Å². The van der Waals surface area contributed by atoms with Gasteiger partial charge in [0.1, 0.15) is 16.4 Å². The zero-order chi connectivity index (χ0) is 19.6. The lowest BCUT2D eigenvalue weighted by atomic mass is 10.1. The van der Waals surface area contributed by atoms with Crippen molar-refractivity contribution in [1.82, 2.24) is 9.55 Å². The Kier molecular flexibility index (Phi) is 5.57. The Bertz CT molecular complexity index is 1040. The van der Waals surface area contributed by atoms with Crippen LogP contribution in [0.3, 0.4) is 0 Å². The SMILES string of the molecule is COCCn1c(Cc2ccc(OC)cc2)nc2sc(C(N)=O)c(C)c2c1=O. The maximum Gasteiger partial charge on any atom is 0.262 e. The number of nitrogens with two attached hydrogens (primary N) is 1. The van der Waals surface area contributed by atoms with Gasteiger partial charge >= 0.3 is 0 Å². The molecule has 27 heavy (non-hydrogen) atoms. The fraction of sp³-hybridized carbons (Fsp3) is 0.316. The Balaban J connectivity index is 2.13. The minimum Gasteiger partial charge on any atom is -0.497 e. The minimum absolute atomic E-state index is 0.179. The standard InChI is InChI=1S/C19H21N3O4S/c1-11-15-18(27-16(11)17(20)23)21-14(22(19(15)24)8-9-25-2)10-12-4-6-13(26-3)7-5-12/h4-7H,8-10H2,1-3H3,(H2,20,23). The summed E-state index contributed by atoms with van der Waals surface area (Å²) in [5, 5.41) is 0.448. The first-order valence-electron chi connectivity index (χ1n) is 8.40. The van der Waals surface area contributed by atoms with Crippen LogP contribution in [0.5, 0.6) is 5.75 Å². The van der Waals surface area contributed by atoms with Crippen LogP contribution in [0.2, 0.25) is 0 Å². The molecule has 1 aromatic carbocycles. The van der Waals surface area contributed by atoms with Gasteiger partial charge in [-0.15, -0.1) is 11.3 Å². The van der Waals surface area contributed by atoms with Crippen LogP contribution in [0.25, 0.3) is 10.2 Å². The zero-order valence-corrected chi connectivity index (χ0v) is 16.3. The quantitative estimate of drug-likeness (QED) is 0.670. The average molecular weight is 387 g/mol. The number of aryl methyl sites for hydroxylation is 1. The van der Waals surface area contributed by atoms with Gasteiger partial charge in [0.2, 0.25) is 0 Å². The molecule has 0 saturated heterocycles. The molecule has 0 unspecified atom stereocenters. The summed E-state index contributed by atoms with van der Waals surface area (Å²) in [6.45, 7) is 2.49. The highest BCUT2D eigenvalue weighted by atomic mass is 32.1. The van der Waals surface area contributed by atoms with Gasteiger partial charge in [-0.2, -0.15) is 0 Å². The lowest BCUT2D eigenvalue weighted by Crippen LogP contribution is -2.27. The van der Waals surface area contributed by atoms with Crippen molar-refractivity contribution in [3.8, 4) is 5.75 Å². The van der Waals surface area contributed by atoms with Crippen molar-refractivity contribution in [2.24, 2.45) is 5.73 Å². The number of nitrogens with zero attached hydrogens (tertiary/aromatic N) is 2. The van der Waals surface area contributed by atoms with E-state index in [1.165, 1.54) is 0 Å². The summed E-state index contributed by atoms with van der Waals surface area (Å²) in [6.07, 6.45) is 0.474. The normalized spacial score (nSPS) is 11.1. The van der Waals surface area contributed by atoms with E-state index in [1.807, 2.05) is 24.3 Å². The first-order chi connectivity index (χ1) is 13.0. The summed E-state index contributed by atoms with van der Waals surface area (Å²) in [5.74, 6) is 0.834. The molecule has 3 rings (SSSR count). The second-order valence-corrected chi connectivity index (χ2v) is 7.10. The third-order valence-corrected chi connectivity index (χ3v) is 5.59. The number of carbonyl (C=O) groups excluding carboxylic acids is 1. The monoisotopic (exact) mass is 387 g/mol. The first kappa shape index (κ1) is 19.1. The van der Waals surface area contributed by atoms with Crippen LogP contribution in [-0.4, -0.2) is 36.3 Å². The summed E-state index contributed by atoms with van der Waals surface area (Å²) in [5.41, 5.74) is 6.84. The van der Waals surface area contributed by atoms with Gasteiger partial charge in [-0.3, -0.25) is 14.2 Å². The molecule has 0 aliphatic rings. The summed E-state index contributed by atoms with van der Waals surface area (Å²) in [4.78, 5) is 30.3. The molecule has 0 aliphatic carbocycles. The molecule has 0 atom stereocenters. The van der Waals surface area contributed by atoms with Crippen molar-refractivity contribution >= 4 is 27.5 Å². The molecule has 0 saturated carbocycles. The third kappa shape index (κ3) is 3.72. The van der Waals surface area contributed by atoms with Gasteiger partial charge in [0.25, 0.3) is 11.5 Å². The fourth-order valence-corrected chi connectivity index (χ4v) is 4.01. The van der Waals surface area contributed by atoms with E-state index < -0.39 is 5.91 Å². The van der Waals surface area contributed by atoms with Gasteiger partial charge in [0.05, 0.1) is 30.5 Å². The van der Waals surface area contributed by atoms with Crippen LogP contribution in [0.1, 0.15) is 26.6 Å². The molecule has 0 bridgehead atoms. The lowest BCUT2D eigenvalue weighted by molar-refractivity contribution is 0.100. The number of aromatic nitrogens is 2. The molecule has 0 fully saturated rings. The van der Waals surface area contributed by atoms with Gasteiger partial charge in [0, 0.05) is 13.5 Å². The van der Waals surface area contributed by atoms with E-state index in [0.717, 1.165) is 22.6 Å². The first-order valence-corrected chi connectivity index (χ1v) is 9.22. The van der Waals surface area contributed by atoms with Crippen LogP contribution >= 0.6 is 11.3 Å². The summed E-state index contributed by atoms with van der Waals surface area (Å²) in [7, 11) is 3.20. The molecule has 1 amide bonds. The summed E-state index contributed by atoms with van der Waals surface area (Å²) < 4.78 is 11.9. The van der Waals surface area contributed by atoms with Crippen LogP contribution in [0.4, 0.5) is 0 Å². The van der Waals surface area contributed by atoms with E-state index in [4.69, 9.17) is 15.2 Å². The lowest BCUT2D eigenvalue weighted by Gasteiger charge is -2.12. The molecule has 7 nitrogen and oxygen atoms in total. The molecular weight excluding hydrogens is 366 g/mol. The van der Waals surface area contributed by atoms with Crippen LogP contribution in [-0.2, 0) is 17.7 Å². The molecule has 2 heterocycles. The Morgan fingerprint density at radius 3 is 2.56 bits per heavy atom. The fourth-order valence-electron chi connectivity index (χ4n) is 2.97. The molecule has 0 aliphatic heterocycles. The van der Waals surface area contributed by atoms with E-state index in [1.54, 1.807) is 25.7 Å². The van der Waals surface area contributed by atoms with Crippen LogP contribution < -0.4 is 16.0 Å². The number of rotatable bonds is 7. The third-order valence-electron chi connectivity index (χ3n) is 4.39. The second-order valence-electron chi connectivity index (χ2n) is 6.10. The molecule has 0 spiro atoms. The maximum absolute atomic E-state index is 13.1. The predicted octanol–water partition coefficient (Wildman–Crippen LogP) is 2.11. The highest BCUT2D eigenvalue weighted by molar-refractivity contribution is 7.20. The molecule has 2 N–H and O–H groups in total. The zero-order valence-electron chi connectivity index (χ0n) is 15.4. The number of carbonyl (C=O) groups is 1. The highest BCUT2D eigenvalue weighted by Gasteiger charge is 2.20. The van der Waals surface area contributed by atoms with Crippen molar-refractivity contribution in [2.75, 3.05) is 20.8 Å². The average Bonchev–Trinajstić information content (AvgIpc) is 2.99. The number of benzene rings is 1. The molecular formula is C19H21N3O4S. The summed E-state index contributed by atoms with van der Waals surface area (Å²) >= 11 is 1.16. The van der Waals surface area contributed by atoms with Crippen molar-refractivity contribution in [1.29, 1.82) is 0 Å². The number of hydrogen-bond acceptors (Lipinski definition) is 6. The molecule has 142 valence electrons. The van der Waals surface area contributed by atoms with Gasteiger partial charge in [-0.1, -0.05) is 12.1 Å². The Labute approximate surface area is 160 Å². The van der Waals surface area contributed by atoms with Crippen molar-refractivity contribution in [3.05, 3.63) is 56.4 Å². The van der Waals surface area contributed by atoms with Gasteiger partial charge < -0.3 is 15.2 Å². The Morgan fingerprint density at radius 2 is 1.96 bits per heavy atom. The van der Waals surface area contributed by atoms with E-state index in [9.17, 15) is 9.59 Å². The number of thiophene rings is 1. The number of fused-ring (bicyclic) bond motifs is 1. The Hall–Kier alpha value is -2.71. The number of ether oxygens (including phenoxy) is 2. The van der Waals surface area contributed by atoms with E-state index in [0.29, 0.717) is 46.1 Å². The van der Waals surface area contributed by atoms with Crippen molar-refractivity contribution in [3.63, 3.8) is 0 Å². The van der Waals surface area contributed by atoms with Crippen molar-refractivity contribution < 1.29 is 14.3 Å². The number of amides is 1. The van der Waals surface area contributed by atoms with Crippen LogP contribution in [0.15, 0.2) is 29.1 Å².